The van der Waals surface area contributed by atoms with Crippen molar-refractivity contribution in [2.75, 3.05) is 6.61 Å². The van der Waals surface area contributed by atoms with Crippen molar-refractivity contribution in [3.05, 3.63) is 39.8 Å². The number of aliphatic hydroxyl groups is 1. The summed E-state index contributed by atoms with van der Waals surface area (Å²) in [5, 5.41) is 10.1. The lowest BCUT2D eigenvalue weighted by Gasteiger charge is -2.13. The van der Waals surface area contributed by atoms with Crippen LogP contribution in [0.15, 0.2) is 29.3 Å². The molecule has 1 aromatic carbocycles. The predicted molar refractivity (Wildman–Crippen MR) is 65.6 cm³/mol. The third-order valence-electron chi connectivity index (χ3n) is 1.81. The first-order valence-corrected chi connectivity index (χ1v) is 5.61. The first-order valence-electron chi connectivity index (χ1n) is 4.44. The van der Waals surface area contributed by atoms with E-state index in [2.05, 4.69) is 22.5 Å². The first-order chi connectivity index (χ1) is 7.00. The minimum absolute atomic E-state index is 0.362. The molecule has 0 bridgehead atoms. The molecular weight excluding hydrogens is 279 g/mol. The SMILES string of the molecule is C=C(Br)COc1ccc(Cl)cc1C(C)O. The molecule has 0 heterocycles. The van der Waals surface area contributed by atoms with Gasteiger partial charge in [0.2, 0.25) is 0 Å². The Morgan fingerprint density at radius 1 is 1.67 bits per heavy atom. The summed E-state index contributed by atoms with van der Waals surface area (Å²) in [5.74, 6) is 0.620. The molecule has 15 heavy (non-hydrogen) atoms. The molecule has 1 atom stereocenters. The number of rotatable bonds is 4. The summed E-state index contributed by atoms with van der Waals surface area (Å²) in [7, 11) is 0. The van der Waals surface area contributed by atoms with Crippen LogP contribution in [0.25, 0.3) is 0 Å². The molecule has 0 saturated heterocycles. The third-order valence-corrected chi connectivity index (χ3v) is 2.27. The van der Waals surface area contributed by atoms with Gasteiger partial charge in [0.25, 0.3) is 0 Å². The van der Waals surface area contributed by atoms with Crippen molar-refractivity contribution in [3.8, 4) is 5.75 Å². The summed E-state index contributed by atoms with van der Waals surface area (Å²) >= 11 is 9.03. The van der Waals surface area contributed by atoms with Crippen molar-refractivity contribution in [2.24, 2.45) is 0 Å². The van der Waals surface area contributed by atoms with Crippen molar-refractivity contribution in [3.63, 3.8) is 0 Å². The predicted octanol–water partition coefficient (Wildman–Crippen LogP) is 3.68. The van der Waals surface area contributed by atoms with Crippen LogP contribution >= 0.6 is 27.5 Å². The maximum absolute atomic E-state index is 9.52. The fraction of sp³-hybridized carbons (Fsp3) is 0.273. The summed E-state index contributed by atoms with van der Waals surface area (Å²) < 4.78 is 6.19. The molecule has 1 unspecified atom stereocenters. The lowest BCUT2D eigenvalue weighted by atomic mass is 10.1. The van der Waals surface area contributed by atoms with Gasteiger partial charge < -0.3 is 9.84 Å². The number of hydrogen-bond acceptors (Lipinski definition) is 2. The molecule has 0 fully saturated rings. The molecule has 0 amide bonds. The molecule has 1 rings (SSSR count). The molecule has 4 heteroatoms. The average molecular weight is 292 g/mol. The fourth-order valence-corrected chi connectivity index (χ4v) is 1.43. The minimum atomic E-state index is -0.609. The van der Waals surface area contributed by atoms with E-state index in [1.54, 1.807) is 25.1 Å². The van der Waals surface area contributed by atoms with Gasteiger partial charge in [-0.1, -0.05) is 34.1 Å². The Bertz CT molecular complexity index is 364. The molecule has 82 valence electrons. The summed E-state index contributed by atoms with van der Waals surface area (Å²) in [6.45, 7) is 5.70. The van der Waals surface area contributed by atoms with Gasteiger partial charge in [-0.2, -0.15) is 0 Å². The Balaban J connectivity index is 2.90. The van der Waals surface area contributed by atoms with Crippen LogP contribution in [0.4, 0.5) is 0 Å². The second-order valence-electron chi connectivity index (χ2n) is 3.16. The van der Waals surface area contributed by atoms with Gasteiger partial charge in [-0.25, -0.2) is 0 Å². The van der Waals surface area contributed by atoms with Crippen LogP contribution in [-0.4, -0.2) is 11.7 Å². The number of benzene rings is 1. The van der Waals surface area contributed by atoms with Crippen LogP contribution in [0.3, 0.4) is 0 Å². The third kappa shape index (κ3) is 3.86. The largest absolute Gasteiger partial charge is 0.488 e. The molecule has 0 aliphatic carbocycles. The van der Waals surface area contributed by atoms with Crippen LogP contribution < -0.4 is 4.74 Å². The summed E-state index contributed by atoms with van der Waals surface area (Å²) in [6, 6.07) is 5.15. The van der Waals surface area contributed by atoms with Crippen LogP contribution in [0.2, 0.25) is 5.02 Å². The molecule has 2 nitrogen and oxygen atoms in total. The van der Waals surface area contributed by atoms with E-state index in [0.717, 1.165) is 4.48 Å². The van der Waals surface area contributed by atoms with Crippen molar-refractivity contribution >= 4 is 27.5 Å². The lowest BCUT2D eigenvalue weighted by molar-refractivity contribution is 0.193. The van der Waals surface area contributed by atoms with Gasteiger partial charge in [-0.15, -0.1) is 0 Å². The highest BCUT2D eigenvalue weighted by Gasteiger charge is 2.09. The average Bonchev–Trinajstić information content (AvgIpc) is 2.15. The zero-order valence-electron chi connectivity index (χ0n) is 8.34. The molecule has 1 N–H and O–H groups in total. The van der Waals surface area contributed by atoms with Crippen LogP contribution in [0.1, 0.15) is 18.6 Å². The van der Waals surface area contributed by atoms with Crippen LogP contribution in [0.5, 0.6) is 5.75 Å². The van der Waals surface area contributed by atoms with Gasteiger partial charge in [-0.3, -0.25) is 0 Å². The highest BCUT2D eigenvalue weighted by molar-refractivity contribution is 9.11. The van der Waals surface area contributed by atoms with Gasteiger partial charge in [0.1, 0.15) is 12.4 Å². The van der Waals surface area contributed by atoms with Crippen molar-refractivity contribution in [1.82, 2.24) is 0 Å². The monoisotopic (exact) mass is 290 g/mol. The standard InChI is InChI=1S/C11H12BrClO2/c1-7(12)6-15-11-4-3-9(13)5-10(11)8(2)14/h3-5,8,14H,1,6H2,2H3. The molecule has 0 radical (unpaired) electrons. The second kappa shape index (κ2) is 5.54. The zero-order chi connectivity index (χ0) is 11.4. The Kier molecular flexibility index (Phi) is 4.64. The fourth-order valence-electron chi connectivity index (χ4n) is 1.13. The van der Waals surface area contributed by atoms with E-state index in [1.165, 1.54) is 0 Å². The van der Waals surface area contributed by atoms with Crippen LogP contribution in [0, 0.1) is 0 Å². The number of halogens is 2. The van der Waals surface area contributed by atoms with E-state index in [0.29, 0.717) is 22.9 Å². The van der Waals surface area contributed by atoms with Crippen molar-refractivity contribution in [2.45, 2.75) is 13.0 Å². The minimum Gasteiger partial charge on any atom is -0.488 e. The highest BCUT2D eigenvalue weighted by Crippen LogP contribution is 2.28. The Labute approximate surface area is 103 Å². The van der Waals surface area contributed by atoms with Gasteiger partial charge in [0, 0.05) is 15.1 Å². The van der Waals surface area contributed by atoms with Gasteiger partial charge in [0.15, 0.2) is 0 Å². The molecule has 0 spiro atoms. The Hall–Kier alpha value is -0.510. The second-order valence-corrected chi connectivity index (χ2v) is 4.72. The normalized spacial score (nSPS) is 12.3. The van der Waals surface area contributed by atoms with E-state index in [4.69, 9.17) is 16.3 Å². The smallest absolute Gasteiger partial charge is 0.125 e. The zero-order valence-corrected chi connectivity index (χ0v) is 10.7. The molecule has 0 aromatic heterocycles. The van der Waals surface area contributed by atoms with Crippen LogP contribution in [-0.2, 0) is 0 Å². The first kappa shape index (κ1) is 12.6. The number of hydrogen-bond donors (Lipinski definition) is 1. The van der Waals surface area contributed by atoms with E-state index in [9.17, 15) is 5.11 Å². The van der Waals surface area contributed by atoms with Gasteiger partial charge in [-0.05, 0) is 25.1 Å². The number of ether oxygens (including phenoxy) is 1. The van der Waals surface area contributed by atoms with E-state index >= 15 is 0 Å². The molecular formula is C11H12BrClO2. The summed E-state index contributed by atoms with van der Waals surface area (Å²) in [4.78, 5) is 0. The lowest BCUT2D eigenvalue weighted by Crippen LogP contribution is -2.01. The quantitative estimate of drug-likeness (QED) is 0.917. The molecule has 0 aliphatic heterocycles. The Morgan fingerprint density at radius 3 is 2.87 bits per heavy atom. The Morgan fingerprint density at radius 2 is 2.33 bits per heavy atom. The maximum Gasteiger partial charge on any atom is 0.125 e. The summed E-state index contributed by atoms with van der Waals surface area (Å²) in [6.07, 6.45) is -0.609. The highest BCUT2D eigenvalue weighted by atomic mass is 79.9. The molecule has 1 aromatic rings. The van der Waals surface area contributed by atoms with Gasteiger partial charge in [0.05, 0.1) is 6.10 Å². The van der Waals surface area contributed by atoms with Crippen molar-refractivity contribution in [1.29, 1.82) is 0 Å². The topological polar surface area (TPSA) is 29.5 Å². The number of aliphatic hydroxyl groups excluding tert-OH is 1. The van der Waals surface area contributed by atoms with E-state index < -0.39 is 6.10 Å². The molecule has 0 saturated carbocycles. The summed E-state index contributed by atoms with van der Waals surface area (Å²) in [5.41, 5.74) is 0.677. The maximum atomic E-state index is 9.52. The van der Waals surface area contributed by atoms with Crippen molar-refractivity contribution < 1.29 is 9.84 Å². The van der Waals surface area contributed by atoms with Gasteiger partial charge >= 0.3 is 0 Å². The van der Waals surface area contributed by atoms with E-state index in [-0.39, 0.29) is 0 Å². The van der Waals surface area contributed by atoms with E-state index in [1.807, 2.05) is 0 Å². The molecule has 0 aliphatic rings.